The van der Waals surface area contributed by atoms with Crippen LogP contribution in [0, 0.1) is 5.92 Å². The monoisotopic (exact) mass is 577 g/mol. The van der Waals surface area contributed by atoms with Gasteiger partial charge in [-0.2, -0.15) is 0 Å². The molecule has 0 amide bonds. The van der Waals surface area contributed by atoms with Gasteiger partial charge in [0.2, 0.25) is 0 Å². The normalized spacial score (nSPS) is 19.2. The number of benzene rings is 2. The molecule has 0 spiro atoms. The Morgan fingerprint density at radius 1 is 0.971 bits per heavy atom. The summed E-state index contributed by atoms with van der Waals surface area (Å²) in [6.45, 7) is 12.0. The van der Waals surface area contributed by atoms with Gasteiger partial charge in [0.25, 0.3) is 0 Å². The van der Waals surface area contributed by atoms with E-state index in [0.29, 0.717) is 12.5 Å². The average molecular weight is 578 g/mol. The van der Waals surface area contributed by atoms with Gasteiger partial charge in [-0.25, -0.2) is 4.99 Å². The number of guanidine groups is 1. The van der Waals surface area contributed by atoms with Crippen molar-refractivity contribution in [2.75, 3.05) is 64.4 Å². The molecule has 1 unspecified atom stereocenters. The second-order valence-electron chi connectivity index (χ2n) is 9.09. The van der Waals surface area contributed by atoms with E-state index in [-0.39, 0.29) is 24.0 Å². The predicted octanol–water partition coefficient (Wildman–Crippen LogP) is 4.06. The molecule has 0 bridgehead atoms. The lowest BCUT2D eigenvalue weighted by Gasteiger charge is -2.36. The van der Waals surface area contributed by atoms with Crippen LogP contribution in [-0.2, 0) is 17.8 Å². The molecule has 6 nitrogen and oxygen atoms in total. The molecule has 2 fully saturated rings. The Hall–Kier alpha value is -1.84. The third-order valence-electron chi connectivity index (χ3n) is 6.73. The predicted molar refractivity (Wildman–Crippen MR) is 152 cm³/mol. The van der Waals surface area contributed by atoms with E-state index in [9.17, 15) is 0 Å². The maximum atomic E-state index is 5.37. The van der Waals surface area contributed by atoms with Crippen LogP contribution in [0.3, 0.4) is 0 Å². The Labute approximate surface area is 222 Å². The van der Waals surface area contributed by atoms with Crippen LogP contribution < -0.4 is 10.2 Å². The van der Waals surface area contributed by atoms with Crippen LogP contribution in [0.25, 0.3) is 0 Å². The highest BCUT2D eigenvalue weighted by molar-refractivity contribution is 14.0. The fourth-order valence-electron chi connectivity index (χ4n) is 4.89. The van der Waals surface area contributed by atoms with E-state index in [0.717, 1.165) is 64.9 Å². The number of anilines is 1. The van der Waals surface area contributed by atoms with Crippen LogP contribution in [0.15, 0.2) is 59.6 Å². The first-order valence-electron chi connectivity index (χ1n) is 12.4. The number of rotatable bonds is 8. The number of halogens is 1. The van der Waals surface area contributed by atoms with Crippen molar-refractivity contribution in [3.8, 4) is 0 Å². The summed E-state index contributed by atoms with van der Waals surface area (Å²) in [5.74, 6) is 1.63. The maximum absolute atomic E-state index is 5.37. The van der Waals surface area contributed by atoms with Gasteiger partial charge < -0.3 is 19.9 Å². The lowest BCUT2D eigenvalue weighted by atomic mass is 10.1. The molecular weight excluding hydrogens is 537 g/mol. The Balaban J connectivity index is 0.00000324. The summed E-state index contributed by atoms with van der Waals surface area (Å²) < 4.78 is 5.37. The summed E-state index contributed by atoms with van der Waals surface area (Å²) in [5.41, 5.74) is 4.05. The Morgan fingerprint density at radius 2 is 1.68 bits per heavy atom. The van der Waals surface area contributed by atoms with Gasteiger partial charge in [0.1, 0.15) is 0 Å². The number of piperazine rings is 1. The van der Waals surface area contributed by atoms with E-state index in [1.807, 2.05) is 0 Å². The molecule has 2 aliphatic heterocycles. The molecule has 7 heteroatoms. The molecule has 2 aromatic rings. The van der Waals surface area contributed by atoms with Gasteiger partial charge in [-0.05, 0) is 36.6 Å². The van der Waals surface area contributed by atoms with Crippen molar-refractivity contribution in [2.24, 2.45) is 10.9 Å². The molecule has 2 saturated heterocycles. The highest BCUT2D eigenvalue weighted by atomic mass is 127. The number of hydrogen-bond acceptors (Lipinski definition) is 4. The minimum absolute atomic E-state index is 0. The van der Waals surface area contributed by atoms with E-state index < -0.39 is 0 Å². The first kappa shape index (κ1) is 26.8. The number of hydrogen-bond donors (Lipinski definition) is 1. The molecule has 0 radical (unpaired) electrons. The molecule has 2 aromatic carbocycles. The van der Waals surface area contributed by atoms with Crippen LogP contribution >= 0.6 is 24.0 Å². The third-order valence-corrected chi connectivity index (χ3v) is 6.73. The fourth-order valence-corrected chi connectivity index (χ4v) is 4.89. The molecule has 0 aromatic heterocycles. The standard InChI is InChI=1S/C27H39N5O.HI/c1-3-28-27(32-14-13-23(20-32)22-33-2)29-19-24-9-7-8-10-25(24)21-30-15-17-31(18-16-30)26-11-5-4-6-12-26;/h4-12,23H,3,13-22H2,1-2H3,(H,28,29);1H. The van der Waals surface area contributed by atoms with E-state index in [1.54, 1.807) is 7.11 Å². The van der Waals surface area contributed by atoms with Gasteiger partial charge in [-0.3, -0.25) is 4.90 Å². The molecule has 2 aliphatic rings. The number of likely N-dealkylation sites (tertiary alicyclic amines) is 1. The van der Waals surface area contributed by atoms with Crippen molar-refractivity contribution < 1.29 is 4.74 Å². The van der Waals surface area contributed by atoms with Crippen molar-refractivity contribution in [1.29, 1.82) is 0 Å². The van der Waals surface area contributed by atoms with Crippen LogP contribution in [-0.4, -0.2) is 75.3 Å². The molecule has 186 valence electrons. The highest BCUT2D eigenvalue weighted by Gasteiger charge is 2.25. The largest absolute Gasteiger partial charge is 0.384 e. The lowest BCUT2D eigenvalue weighted by molar-refractivity contribution is 0.157. The van der Waals surface area contributed by atoms with Crippen LogP contribution in [0.5, 0.6) is 0 Å². The number of nitrogens with one attached hydrogen (secondary N) is 1. The zero-order chi connectivity index (χ0) is 22.9. The van der Waals surface area contributed by atoms with E-state index in [1.165, 1.54) is 23.2 Å². The zero-order valence-electron chi connectivity index (χ0n) is 20.7. The molecule has 34 heavy (non-hydrogen) atoms. The van der Waals surface area contributed by atoms with Gasteiger partial charge in [-0.15, -0.1) is 24.0 Å². The summed E-state index contributed by atoms with van der Waals surface area (Å²) in [4.78, 5) is 12.5. The van der Waals surface area contributed by atoms with Crippen LogP contribution in [0.2, 0.25) is 0 Å². The molecule has 2 heterocycles. The van der Waals surface area contributed by atoms with E-state index in [2.05, 4.69) is 81.5 Å². The van der Waals surface area contributed by atoms with Gasteiger partial charge in [0.05, 0.1) is 13.2 Å². The number of aliphatic imine (C=N–C) groups is 1. The Kier molecular flexibility index (Phi) is 10.9. The summed E-state index contributed by atoms with van der Waals surface area (Å²) in [6.07, 6.45) is 1.17. The second kappa shape index (κ2) is 13.9. The molecule has 1 atom stereocenters. The number of para-hydroxylation sites is 1. The third kappa shape index (κ3) is 7.33. The van der Waals surface area contributed by atoms with E-state index >= 15 is 0 Å². The van der Waals surface area contributed by atoms with E-state index in [4.69, 9.17) is 9.73 Å². The topological polar surface area (TPSA) is 43.3 Å². The molecular formula is C27H40IN5O. The molecule has 0 aliphatic carbocycles. The zero-order valence-corrected chi connectivity index (χ0v) is 23.0. The summed E-state index contributed by atoms with van der Waals surface area (Å²) in [7, 11) is 1.79. The lowest BCUT2D eigenvalue weighted by Crippen LogP contribution is -2.46. The minimum Gasteiger partial charge on any atom is -0.384 e. The Morgan fingerprint density at radius 3 is 2.38 bits per heavy atom. The summed E-state index contributed by atoms with van der Waals surface area (Å²) in [5, 5.41) is 3.50. The van der Waals surface area contributed by atoms with Gasteiger partial charge in [0, 0.05) is 71.1 Å². The van der Waals surface area contributed by atoms with Crippen molar-refractivity contribution in [3.05, 3.63) is 65.7 Å². The highest BCUT2D eigenvalue weighted by Crippen LogP contribution is 2.20. The molecule has 0 saturated carbocycles. The molecule has 1 N–H and O–H groups in total. The van der Waals surface area contributed by atoms with Crippen molar-refractivity contribution in [2.45, 2.75) is 26.4 Å². The quantitative estimate of drug-likeness (QED) is 0.292. The van der Waals surface area contributed by atoms with Gasteiger partial charge in [0.15, 0.2) is 5.96 Å². The maximum Gasteiger partial charge on any atom is 0.194 e. The van der Waals surface area contributed by atoms with Gasteiger partial charge in [-0.1, -0.05) is 42.5 Å². The summed E-state index contributed by atoms with van der Waals surface area (Å²) in [6, 6.07) is 19.6. The first-order valence-corrected chi connectivity index (χ1v) is 12.4. The van der Waals surface area contributed by atoms with Gasteiger partial charge >= 0.3 is 0 Å². The number of methoxy groups -OCH3 is 1. The van der Waals surface area contributed by atoms with Crippen molar-refractivity contribution in [3.63, 3.8) is 0 Å². The second-order valence-corrected chi connectivity index (χ2v) is 9.09. The number of nitrogens with zero attached hydrogens (tertiary/aromatic N) is 4. The van der Waals surface area contributed by atoms with Crippen LogP contribution in [0.1, 0.15) is 24.5 Å². The SMILES string of the molecule is CCNC(=NCc1ccccc1CN1CCN(c2ccccc2)CC1)N1CCC(COC)C1.I. The average Bonchev–Trinajstić information content (AvgIpc) is 3.32. The minimum atomic E-state index is 0. The van der Waals surface area contributed by atoms with Crippen molar-refractivity contribution >= 4 is 35.6 Å². The number of ether oxygens (including phenoxy) is 1. The van der Waals surface area contributed by atoms with Crippen LogP contribution in [0.4, 0.5) is 5.69 Å². The smallest absolute Gasteiger partial charge is 0.194 e. The summed E-state index contributed by atoms with van der Waals surface area (Å²) >= 11 is 0. The van der Waals surface area contributed by atoms with Crippen molar-refractivity contribution in [1.82, 2.24) is 15.1 Å². The molecule has 4 rings (SSSR count). The first-order chi connectivity index (χ1) is 16.3. The Bertz CT molecular complexity index is 886. The fraction of sp³-hybridized carbons (Fsp3) is 0.519.